The molecular weight excluding hydrogens is 248 g/mol. The van der Waals surface area contributed by atoms with Gasteiger partial charge < -0.3 is 4.98 Å². The van der Waals surface area contributed by atoms with Crippen LogP contribution in [0, 0.1) is 0 Å². The molecule has 1 heterocycles. The smallest absolute Gasteiger partial charge is 0.235 e. The zero-order valence-electron chi connectivity index (χ0n) is 9.87. The van der Waals surface area contributed by atoms with Gasteiger partial charge in [0, 0.05) is 17.1 Å². The Labute approximate surface area is 110 Å². The topological polar surface area (TPSA) is 45.2 Å². The van der Waals surface area contributed by atoms with Gasteiger partial charge in [0.25, 0.3) is 0 Å². The van der Waals surface area contributed by atoms with Crippen molar-refractivity contribution in [2.45, 2.75) is 31.2 Å². The third-order valence-corrected chi connectivity index (χ3v) is 4.16. The molecule has 2 aromatic rings. The second-order valence-corrected chi connectivity index (χ2v) is 5.25. The standard InChI is InChI=1S/C14H13ClN2O/c15-12-7-10(8-13-11(12)3-6-16-13)14(17-9-18)4-1-2-5-14/h3,6-8,16H,1-2,4-5H2. The maximum Gasteiger partial charge on any atom is 0.235 e. The first-order valence-corrected chi connectivity index (χ1v) is 6.49. The second kappa shape index (κ2) is 4.27. The average molecular weight is 261 g/mol. The second-order valence-electron chi connectivity index (χ2n) is 4.84. The van der Waals surface area contributed by atoms with Crippen molar-refractivity contribution in [3.8, 4) is 0 Å². The number of isocyanates is 1. The molecular formula is C14H13ClN2O. The highest BCUT2D eigenvalue weighted by atomic mass is 35.5. The highest BCUT2D eigenvalue weighted by Gasteiger charge is 2.36. The number of aromatic nitrogens is 1. The summed E-state index contributed by atoms with van der Waals surface area (Å²) in [6.45, 7) is 0. The monoisotopic (exact) mass is 260 g/mol. The number of carbonyl (C=O) groups excluding carboxylic acids is 1. The van der Waals surface area contributed by atoms with Crippen molar-refractivity contribution in [1.82, 2.24) is 4.98 Å². The highest BCUT2D eigenvalue weighted by molar-refractivity contribution is 6.35. The molecule has 0 spiro atoms. The van der Waals surface area contributed by atoms with Crippen LogP contribution in [-0.2, 0) is 10.3 Å². The van der Waals surface area contributed by atoms with Gasteiger partial charge in [0.15, 0.2) is 0 Å². The van der Waals surface area contributed by atoms with Crippen LogP contribution in [0.3, 0.4) is 0 Å². The van der Waals surface area contributed by atoms with E-state index in [-0.39, 0.29) is 0 Å². The Morgan fingerprint density at radius 1 is 1.33 bits per heavy atom. The predicted octanol–water partition coefficient (Wildman–Crippen LogP) is 3.93. The minimum Gasteiger partial charge on any atom is -0.361 e. The van der Waals surface area contributed by atoms with Crippen molar-refractivity contribution in [2.24, 2.45) is 4.99 Å². The van der Waals surface area contributed by atoms with Gasteiger partial charge in [0.05, 0.1) is 10.6 Å². The Kier molecular flexibility index (Phi) is 2.73. The molecule has 18 heavy (non-hydrogen) atoms. The summed E-state index contributed by atoms with van der Waals surface area (Å²) in [4.78, 5) is 17.9. The van der Waals surface area contributed by atoms with E-state index in [1.807, 2.05) is 24.4 Å². The minimum absolute atomic E-state index is 0.412. The summed E-state index contributed by atoms with van der Waals surface area (Å²) < 4.78 is 0. The van der Waals surface area contributed by atoms with E-state index in [9.17, 15) is 4.79 Å². The molecule has 0 atom stereocenters. The first kappa shape index (κ1) is 11.5. The van der Waals surface area contributed by atoms with E-state index in [2.05, 4.69) is 9.98 Å². The molecule has 3 nitrogen and oxygen atoms in total. The van der Waals surface area contributed by atoms with Crippen LogP contribution in [0.15, 0.2) is 29.4 Å². The molecule has 4 heteroatoms. The fraction of sp³-hybridized carbons (Fsp3) is 0.357. The lowest BCUT2D eigenvalue weighted by atomic mass is 9.88. The number of halogens is 1. The van der Waals surface area contributed by atoms with Gasteiger partial charge in [-0.05, 0) is 36.6 Å². The average Bonchev–Trinajstić information content (AvgIpc) is 2.98. The zero-order chi connectivity index (χ0) is 12.6. The molecule has 1 aromatic heterocycles. The van der Waals surface area contributed by atoms with Crippen molar-refractivity contribution in [1.29, 1.82) is 0 Å². The SMILES string of the molecule is O=C=NC1(c2cc(Cl)c3cc[nH]c3c2)CCCC1. The fourth-order valence-corrected chi connectivity index (χ4v) is 3.18. The number of hydrogen-bond acceptors (Lipinski definition) is 2. The molecule has 0 amide bonds. The number of fused-ring (bicyclic) bond motifs is 1. The molecule has 92 valence electrons. The predicted molar refractivity (Wildman–Crippen MR) is 71.6 cm³/mol. The number of rotatable bonds is 2. The summed E-state index contributed by atoms with van der Waals surface area (Å²) >= 11 is 6.28. The lowest BCUT2D eigenvalue weighted by Crippen LogP contribution is -2.18. The van der Waals surface area contributed by atoms with E-state index >= 15 is 0 Å². The largest absolute Gasteiger partial charge is 0.361 e. The van der Waals surface area contributed by atoms with Gasteiger partial charge in [-0.15, -0.1) is 0 Å². The van der Waals surface area contributed by atoms with Crippen LogP contribution in [0.2, 0.25) is 5.02 Å². The lowest BCUT2D eigenvalue weighted by molar-refractivity contribution is 0.456. The van der Waals surface area contributed by atoms with Gasteiger partial charge in [-0.2, -0.15) is 4.99 Å². The van der Waals surface area contributed by atoms with Gasteiger partial charge >= 0.3 is 0 Å². The van der Waals surface area contributed by atoms with Crippen LogP contribution in [-0.4, -0.2) is 11.1 Å². The Hall–Kier alpha value is -1.57. The van der Waals surface area contributed by atoms with E-state index in [0.717, 1.165) is 42.1 Å². The van der Waals surface area contributed by atoms with E-state index in [1.165, 1.54) is 0 Å². The van der Waals surface area contributed by atoms with Crippen molar-refractivity contribution >= 4 is 28.6 Å². The first-order chi connectivity index (χ1) is 8.75. The highest BCUT2D eigenvalue weighted by Crippen LogP contribution is 2.43. The Bertz CT molecular complexity index is 634. The number of H-pyrrole nitrogens is 1. The van der Waals surface area contributed by atoms with Crippen LogP contribution >= 0.6 is 11.6 Å². The van der Waals surface area contributed by atoms with Crippen LogP contribution in [0.1, 0.15) is 31.2 Å². The Morgan fingerprint density at radius 2 is 2.11 bits per heavy atom. The van der Waals surface area contributed by atoms with Crippen molar-refractivity contribution < 1.29 is 4.79 Å². The minimum atomic E-state index is -0.412. The molecule has 3 rings (SSSR count). The summed E-state index contributed by atoms with van der Waals surface area (Å²) in [6, 6.07) is 5.93. The van der Waals surface area contributed by atoms with Gasteiger partial charge in [-0.25, -0.2) is 4.79 Å². The third kappa shape index (κ3) is 1.67. The Balaban J connectivity index is 2.20. The van der Waals surface area contributed by atoms with Gasteiger partial charge in [-0.1, -0.05) is 24.4 Å². The van der Waals surface area contributed by atoms with Crippen molar-refractivity contribution in [3.05, 3.63) is 35.0 Å². The van der Waals surface area contributed by atoms with Crippen molar-refractivity contribution in [3.63, 3.8) is 0 Å². The number of nitrogens with one attached hydrogen (secondary N) is 1. The number of hydrogen-bond donors (Lipinski definition) is 1. The first-order valence-electron chi connectivity index (χ1n) is 6.11. The Morgan fingerprint density at radius 3 is 2.83 bits per heavy atom. The molecule has 0 unspecified atom stereocenters. The molecule has 0 aliphatic heterocycles. The quantitative estimate of drug-likeness (QED) is 0.645. The maximum atomic E-state index is 10.7. The molecule has 1 N–H and O–H groups in total. The zero-order valence-corrected chi connectivity index (χ0v) is 10.6. The number of nitrogens with zero attached hydrogens (tertiary/aromatic N) is 1. The van der Waals surface area contributed by atoms with E-state index in [1.54, 1.807) is 6.08 Å². The van der Waals surface area contributed by atoms with Crippen LogP contribution in [0.4, 0.5) is 0 Å². The summed E-state index contributed by atoms with van der Waals surface area (Å²) in [5.74, 6) is 0. The molecule has 0 bridgehead atoms. The van der Waals surface area contributed by atoms with Crippen LogP contribution < -0.4 is 0 Å². The summed E-state index contributed by atoms with van der Waals surface area (Å²) in [5, 5.41) is 1.71. The van der Waals surface area contributed by atoms with Crippen molar-refractivity contribution in [2.75, 3.05) is 0 Å². The van der Waals surface area contributed by atoms with Crippen LogP contribution in [0.5, 0.6) is 0 Å². The van der Waals surface area contributed by atoms with Crippen LogP contribution in [0.25, 0.3) is 10.9 Å². The molecule has 0 saturated heterocycles. The van der Waals surface area contributed by atoms with E-state index in [4.69, 9.17) is 11.6 Å². The van der Waals surface area contributed by atoms with E-state index < -0.39 is 5.54 Å². The third-order valence-electron chi connectivity index (χ3n) is 3.85. The molecule has 1 aliphatic rings. The molecule has 1 aromatic carbocycles. The number of benzene rings is 1. The molecule has 1 fully saturated rings. The molecule has 0 radical (unpaired) electrons. The summed E-state index contributed by atoms with van der Waals surface area (Å²) in [7, 11) is 0. The molecule has 1 saturated carbocycles. The summed E-state index contributed by atoms with van der Waals surface area (Å²) in [5.41, 5.74) is 1.60. The van der Waals surface area contributed by atoms with E-state index in [0.29, 0.717) is 5.02 Å². The number of aromatic amines is 1. The van der Waals surface area contributed by atoms with Gasteiger partial charge in [-0.3, -0.25) is 0 Å². The maximum absolute atomic E-state index is 10.7. The summed E-state index contributed by atoms with van der Waals surface area (Å²) in [6.07, 6.45) is 7.56. The lowest BCUT2D eigenvalue weighted by Gasteiger charge is -2.23. The molecule has 1 aliphatic carbocycles. The fourth-order valence-electron chi connectivity index (χ4n) is 2.90. The normalized spacial score (nSPS) is 17.8. The number of aliphatic imine (C=N–C) groups is 1. The van der Waals surface area contributed by atoms with Gasteiger partial charge in [0.2, 0.25) is 6.08 Å². The van der Waals surface area contributed by atoms with Gasteiger partial charge in [0.1, 0.15) is 0 Å².